The van der Waals surface area contributed by atoms with E-state index in [0.717, 1.165) is 25.0 Å². The first-order valence-corrected chi connectivity index (χ1v) is 8.10. The third-order valence-corrected chi connectivity index (χ3v) is 4.33. The van der Waals surface area contributed by atoms with E-state index in [4.69, 9.17) is 9.47 Å². The molecule has 0 aromatic heterocycles. The summed E-state index contributed by atoms with van der Waals surface area (Å²) < 4.78 is 37.8. The summed E-state index contributed by atoms with van der Waals surface area (Å²) in [5.74, 6) is -0.230. The number of ether oxygens (including phenoxy) is 2. The molecule has 5 nitrogen and oxygen atoms in total. The highest BCUT2D eigenvalue weighted by Crippen LogP contribution is 2.23. The highest BCUT2D eigenvalue weighted by atomic mass is 127. The Kier molecular flexibility index (Phi) is 9.58. The molecule has 1 aliphatic heterocycles. The number of benzene rings is 1. The van der Waals surface area contributed by atoms with Crippen LogP contribution in [0.2, 0.25) is 0 Å². The Hall–Kier alpha value is -1.00. The molecule has 0 aliphatic carbocycles. The number of guanidine groups is 1. The minimum atomic E-state index is -0.435. The van der Waals surface area contributed by atoms with E-state index in [9.17, 15) is 8.78 Å². The minimum absolute atomic E-state index is 0. The van der Waals surface area contributed by atoms with Crippen LogP contribution in [0.15, 0.2) is 23.2 Å². The van der Waals surface area contributed by atoms with Crippen molar-refractivity contribution >= 4 is 29.9 Å². The van der Waals surface area contributed by atoms with E-state index in [2.05, 4.69) is 15.6 Å². The number of aliphatic imine (C=N–C) groups is 1. The molecule has 1 heterocycles. The second kappa shape index (κ2) is 10.9. The van der Waals surface area contributed by atoms with Crippen LogP contribution in [0.4, 0.5) is 8.78 Å². The van der Waals surface area contributed by atoms with Crippen LogP contribution < -0.4 is 10.6 Å². The number of nitrogens with one attached hydrogen (secondary N) is 2. The third kappa shape index (κ3) is 6.67. The second-order valence-electron chi connectivity index (χ2n) is 5.84. The average Bonchev–Trinajstić information content (AvgIpc) is 2.61. The van der Waals surface area contributed by atoms with E-state index < -0.39 is 11.6 Å². The van der Waals surface area contributed by atoms with Gasteiger partial charge in [-0.1, -0.05) is 0 Å². The molecule has 1 aromatic rings. The Morgan fingerprint density at radius 1 is 1.28 bits per heavy atom. The van der Waals surface area contributed by atoms with E-state index in [0.29, 0.717) is 44.2 Å². The summed E-state index contributed by atoms with van der Waals surface area (Å²) in [5.41, 5.74) is 0.0839. The molecule has 142 valence electrons. The van der Waals surface area contributed by atoms with Gasteiger partial charge in [-0.3, -0.25) is 4.99 Å². The van der Waals surface area contributed by atoms with E-state index >= 15 is 0 Å². The summed E-state index contributed by atoms with van der Waals surface area (Å²) in [6.45, 7) is 2.42. The van der Waals surface area contributed by atoms with Crippen molar-refractivity contribution in [2.75, 3.05) is 40.5 Å². The predicted molar refractivity (Wildman–Crippen MR) is 105 cm³/mol. The zero-order chi connectivity index (χ0) is 17.4. The van der Waals surface area contributed by atoms with Gasteiger partial charge in [-0.15, -0.1) is 24.0 Å². The van der Waals surface area contributed by atoms with Gasteiger partial charge in [-0.2, -0.15) is 0 Å². The zero-order valence-electron chi connectivity index (χ0n) is 14.6. The van der Waals surface area contributed by atoms with Crippen LogP contribution in [0, 0.1) is 11.6 Å². The first-order valence-electron chi connectivity index (χ1n) is 8.10. The van der Waals surface area contributed by atoms with Gasteiger partial charge in [-0.25, -0.2) is 8.78 Å². The van der Waals surface area contributed by atoms with Gasteiger partial charge in [-0.05, 0) is 30.2 Å². The Labute approximate surface area is 164 Å². The van der Waals surface area contributed by atoms with Crippen LogP contribution in [-0.2, 0) is 15.9 Å². The molecule has 0 unspecified atom stereocenters. The molecule has 0 saturated carbocycles. The molecule has 25 heavy (non-hydrogen) atoms. The van der Waals surface area contributed by atoms with Crippen molar-refractivity contribution < 1.29 is 18.3 Å². The number of nitrogens with zero attached hydrogens (tertiary/aromatic N) is 1. The molecule has 1 aromatic carbocycles. The highest BCUT2D eigenvalue weighted by molar-refractivity contribution is 14.0. The molecule has 0 radical (unpaired) electrons. The molecule has 1 aliphatic rings. The van der Waals surface area contributed by atoms with Crippen LogP contribution >= 0.6 is 24.0 Å². The summed E-state index contributed by atoms with van der Waals surface area (Å²) >= 11 is 0. The fourth-order valence-electron chi connectivity index (χ4n) is 2.71. The van der Waals surface area contributed by atoms with Crippen LogP contribution in [0.1, 0.15) is 18.4 Å². The SMILES string of the molecule is CN=C(NCCc1cc(F)ccc1F)NCC1(OC)CCOCC1.I. The van der Waals surface area contributed by atoms with Crippen LogP contribution in [0.5, 0.6) is 0 Å². The number of halogens is 3. The predicted octanol–water partition coefficient (Wildman–Crippen LogP) is 2.49. The molecule has 1 saturated heterocycles. The number of hydrogen-bond acceptors (Lipinski definition) is 3. The molecular weight excluding hydrogens is 443 g/mol. The van der Waals surface area contributed by atoms with E-state index in [-0.39, 0.29) is 29.6 Å². The van der Waals surface area contributed by atoms with Gasteiger partial charge < -0.3 is 20.1 Å². The van der Waals surface area contributed by atoms with Crippen LogP contribution in [-0.4, -0.2) is 52.0 Å². The van der Waals surface area contributed by atoms with Gasteiger partial charge in [0.15, 0.2) is 5.96 Å². The van der Waals surface area contributed by atoms with Gasteiger partial charge in [0.25, 0.3) is 0 Å². The van der Waals surface area contributed by atoms with Crippen LogP contribution in [0.25, 0.3) is 0 Å². The molecule has 2 rings (SSSR count). The molecule has 0 atom stereocenters. The standard InChI is InChI=1S/C17H25F2N3O2.HI/c1-20-16(22-12-17(23-2)6-9-24-10-7-17)21-8-5-13-11-14(18)3-4-15(13)19;/h3-4,11H,5-10,12H2,1-2H3,(H2,20,21,22);1H. The van der Waals surface area contributed by atoms with Gasteiger partial charge in [0, 0.05) is 53.3 Å². The quantitative estimate of drug-likeness (QED) is 0.382. The lowest BCUT2D eigenvalue weighted by Crippen LogP contribution is -2.51. The topological polar surface area (TPSA) is 54.9 Å². The molecule has 1 fully saturated rings. The van der Waals surface area contributed by atoms with Crippen molar-refractivity contribution in [3.63, 3.8) is 0 Å². The normalized spacial score (nSPS) is 16.9. The fraction of sp³-hybridized carbons (Fsp3) is 0.588. The van der Waals surface area contributed by atoms with E-state index in [1.165, 1.54) is 6.07 Å². The first kappa shape index (κ1) is 22.0. The Morgan fingerprint density at radius 3 is 2.64 bits per heavy atom. The number of hydrogen-bond donors (Lipinski definition) is 2. The number of rotatable bonds is 6. The maximum atomic E-state index is 13.6. The van der Waals surface area contributed by atoms with Gasteiger partial charge in [0.2, 0.25) is 0 Å². The molecule has 0 amide bonds. The van der Waals surface area contributed by atoms with Gasteiger partial charge in [0.1, 0.15) is 11.6 Å². The lowest BCUT2D eigenvalue weighted by atomic mass is 9.94. The Bertz CT molecular complexity index is 567. The van der Waals surface area contributed by atoms with Crippen molar-refractivity contribution in [2.45, 2.75) is 24.9 Å². The summed E-state index contributed by atoms with van der Waals surface area (Å²) in [4.78, 5) is 4.15. The van der Waals surface area contributed by atoms with E-state index in [1.807, 2.05) is 0 Å². The van der Waals surface area contributed by atoms with Crippen molar-refractivity contribution in [2.24, 2.45) is 4.99 Å². The first-order chi connectivity index (χ1) is 11.6. The van der Waals surface area contributed by atoms with E-state index in [1.54, 1.807) is 14.2 Å². The largest absolute Gasteiger partial charge is 0.381 e. The third-order valence-electron chi connectivity index (χ3n) is 4.33. The van der Waals surface area contributed by atoms with Crippen molar-refractivity contribution in [3.8, 4) is 0 Å². The smallest absolute Gasteiger partial charge is 0.191 e. The lowest BCUT2D eigenvalue weighted by molar-refractivity contribution is -0.0855. The molecular formula is C17H26F2IN3O2. The molecule has 0 spiro atoms. The summed E-state index contributed by atoms with van der Waals surface area (Å²) in [6, 6.07) is 3.48. The average molecular weight is 469 g/mol. The molecule has 2 N–H and O–H groups in total. The maximum absolute atomic E-state index is 13.6. The zero-order valence-corrected chi connectivity index (χ0v) is 16.9. The molecule has 8 heteroatoms. The van der Waals surface area contributed by atoms with Crippen molar-refractivity contribution in [3.05, 3.63) is 35.4 Å². The lowest BCUT2D eigenvalue weighted by Gasteiger charge is -2.36. The number of methoxy groups -OCH3 is 1. The van der Waals surface area contributed by atoms with Gasteiger partial charge >= 0.3 is 0 Å². The second-order valence-corrected chi connectivity index (χ2v) is 5.84. The van der Waals surface area contributed by atoms with Crippen molar-refractivity contribution in [1.82, 2.24) is 10.6 Å². The fourth-order valence-corrected chi connectivity index (χ4v) is 2.71. The monoisotopic (exact) mass is 469 g/mol. The summed E-state index contributed by atoms with van der Waals surface area (Å²) in [7, 11) is 3.37. The molecule has 0 bridgehead atoms. The van der Waals surface area contributed by atoms with Crippen molar-refractivity contribution in [1.29, 1.82) is 0 Å². The summed E-state index contributed by atoms with van der Waals surface area (Å²) in [5, 5.41) is 6.34. The maximum Gasteiger partial charge on any atom is 0.191 e. The van der Waals surface area contributed by atoms with Crippen LogP contribution in [0.3, 0.4) is 0 Å². The summed E-state index contributed by atoms with van der Waals surface area (Å²) in [6.07, 6.45) is 2.01. The Balaban J connectivity index is 0.00000312. The Morgan fingerprint density at radius 2 is 2.00 bits per heavy atom. The minimum Gasteiger partial charge on any atom is -0.381 e. The van der Waals surface area contributed by atoms with Gasteiger partial charge in [0.05, 0.1) is 5.60 Å². The highest BCUT2D eigenvalue weighted by Gasteiger charge is 2.32.